The summed E-state index contributed by atoms with van der Waals surface area (Å²) in [7, 11) is 0. The van der Waals surface area contributed by atoms with Crippen molar-refractivity contribution in [2.75, 3.05) is 59.0 Å². The van der Waals surface area contributed by atoms with Gasteiger partial charge in [-0.3, -0.25) is 14.7 Å². The molecule has 3 fully saturated rings. The fraction of sp³-hybridized carbons (Fsp3) is 1.00. The molecule has 0 spiro atoms. The standard InChI is InChI=1S/C19H38N4/c1-18-7-5-11-22(18)10-4-3-9-20-13-14-21(17-20)15-16-23-12-6-8-19(23)2/h18-19H,3-17H2,1-2H3/t18-,19-/m1/s1. The smallest absolute Gasteiger partial charge is 0.0507 e. The van der Waals surface area contributed by atoms with E-state index in [0.29, 0.717) is 0 Å². The number of rotatable bonds is 8. The van der Waals surface area contributed by atoms with Gasteiger partial charge in [0.15, 0.2) is 0 Å². The molecule has 2 atom stereocenters. The van der Waals surface area contributed by atoms with Gasteiger partial charge in [0.05, 0.1) is 6.67 Å². The molecule has 134 valence electrons. The van der Waals surface area contributed by atoms with E-state index in [2.05, 4.69) is 33.4 Å². The molecule has 3 aliphatic rings. The van der Waals surface area contributed by atoms with Gasteiger partial charge in [0, 0.05) is 38.3 Å². The highest BCUT2D eigenvalue weighted by Gasteiger charge is 2.24. The molecule has 3 aliphatic heterocycles. The third-order valence-corrected chi connectivity index (χ3v) is 6.39. The summed E-state index contributed by atoms with van der Waals surface area (Å²) >= 11 is 0. The van der Waals surface area contributed by atoms with Crippen LogP contribution in [-0.4, -0.2) is 90.7 Å². The van der Waals surface area contributed by atoms with E-state index in [4.69, 9.17) is 0 Å². The fourth-order valence-electron chi connectivity index (χ4n) is 4.64. The number of hydrogen-bond donors (Lipinski definition) is 0. The lowest BCUT2D eigenvalue weighted by Gasteiger charge is -2.25. The quantitative estimate of drug-likeness (QED) is 0.636. The average molecular weight is 323 g/mol. The third kappa shape index (κ3) is 5.15. The Kier molecular flexibility index (Phi) is 6.75. The van der Waals surface area contributed by atoms with Crippen molar-refractivity contribution in [1.82, 2.24) is 19.6 Å². The third-order valence-electron chi connectivity index (χ3n) is 6.39. The van der Waals surface area contributed by atoms with E-state index in [1.807, 2.05) is 0 Å². The molecular weight excluding hydrogens is 284 g/mol. The van der Waals surface area contributed by atoms with Crippen molar-refractivity contribution in [2.45, 2.75) is 64.5 Å². The first kappa shape index (κ1) is 17.7. The normalized spacial score (nSPS) is 31.6. The highest BCUT2D eigenvalue weighted by atomic mass is 15.4. The Labute approximate surface area is 143 Å². The van der Waals surface area contributed by atoms with Crippen LogP contribution in [0.4, 0.5) is 0 Å². The van der Waals surface area contributed by atoms with Crippen LogP contribution < -0.4 is 0 Å². The van der Waals surface area contributed by atoms with Crippen LogP contribution in [0.25, 0.3) is 0 Å². The minimum atomic E-state index is 0.821. The van der Waals surface area contributed by atoms with Crippen molar-refractivity contribution in [3.63, 3.8) is 0 Å². The van der Waals surface area contributed by atoms with E-state index in [9.17, 15) is 0 Å². The molecule has 0 aromatic carbocycles. The van der Waals surface area contributed by atoms with Gasteiger partial charge >= 0.3 is 0 Å². The van der Waals surface area contributed by atoms with Gasteiger partial charge in [-0.1, -0.05) is 0 Å². The number of hydrogen-bond acceptors (Lipinski definition) is 4. The summed E-state index contributed by atoms with van der Waals surface area (Å²) in [4.78, 5) is 10.7. The lowest BCUT2D eigenvalue weighted by atomic mass is 10.2. The van der Waals surface area contributed by atoms with Gasteiger partial charge in [-0.05, 0) is 78.6 Å². The van der Waals surface area contributed by atoms with E-state index < -0.39 is 0 Å². The summed E-state index contributed by atoms with van der Waals surface area (Å²) in [5.41, 5.74) is 0. The van der Waals surface area contributed by atoms with E-state index in [1.165, 1.54) is 97.6 Å². The van der Waals surface area contributed by atoms with Crippen molar-refractivity contribution in [2.24, 2.45) is 0 Å². The summed E-state index contributed by atoms with van der Waals surface area (Å²) in [6.45, 7) is 16.4. The Morgan fingerprint density at radius 2 is 1.22 bits per heavy atom. The minimum absolute atomic E-state index is 0.821. The van der Waals surface area contributed by atoms with Crippen LogP contribution in [0.1, 0.15) is 52.4 Å². The number of unbranched alkanes of at least 4 members (excludes halogenated alkanes) is 1. The van der Waals surface area contributed by atoms with Crippen molar-refractivity contribution >= 4 is 0 Å². The maximum Gasteiger partial charge on any atom is 0.0507 e. The fourth-order valence-corrected chi connectivity index (χ4v) is 4.64. The first-order chi connectivity index (χ1) is 11.2. The van der Waals surface area contributed by atoms with Crippen LogP contribution in [0.3, 0.4) is 0 Å². The van der Waals surface area contributed by atoms with E-state index in [-0.39, 0.29) is 0 Å². The van der Waals surface area contributed by atoms with Gasteiger partial charge in [0.25, 0.3) is 0 Å². The Morgan fingerprint density at radius 3 is 1.83 bits per heavy atom. The summed E-state index contributed by atoms with van der Waals surface area (Å²) in [6.07, 6.45) is 8.39. The number of likely N-dealkylation sites (tertiary alicyclic amines) is 2. The Balaban J connectivity index is 1.23. The van der Waals surface area contributed by atoms with Crippen LogP contribution in [0.5, 0.6) is 0 Å². The molecule has 0 aromatic rings. The number of nitrogens with zero attached hydrogens (tertiary/aromatic N) is 4. The van der Waals surface area contributed by atoms with E-state index >= 15 is 0 Å². The van der Waals surface area contributed by atoms with Gasteiger partial charge in [-0.15, -0.1) is 0 Å². The molecule has 4 nitrogen and oxygen atoms in total. The van der Waals surface area contributed by atoms with Crippen LogP contribution in [-0.2, 0) is 0 Å². The second kappa shape index (κ2) is 8.80. The molecule has 0 saturated carbocycles. The largest absolute Gasteiger partial charge is 0.301 e. The van der Waals surface area contributed by atoms with Crippen molar-refractivity contribution in [3.05, 3.63) is 0 Å². The predicted octanol–water partition coefficient (Wildman–Crippen LogP) is 2.31. The van der Waals surface area contributed by atoms with E-state index in [0.717, 1.165) is 12.1 Å². The van der Waals surface area contributed by atoms with Gasteiger partial charge < -0.3 is 4.90 Å². The first-order valence-corrected chi connectivity index (χ1v) is 10.1. The second-order valence-electron chi connectivity index (χ2n) is 8.14. The van der Waals surface area contributed by atoms with Crippen LogP contribution in [0, 0.1) is 0 Å². The second-order valence-corrected chi connectivity index (χ2v) is 8.14. The maximum absolute atomic E-state index is 2.69. The molecule has 4 heteroatoms. The van der Waals surface area contributed by atoms with Gasteiger partial charge in [0.2, 0.25) is 0 Å². The van der Waals surface area contributed by atoms with Crippen LogP contribution >= 0.6 is 0 Å². The molecule has 0 N–H and O–H groups in total. The maximum atomic E-state index is 2.69. The summed E-state index contributed by atoms with van der Waals surface area (Å²) in [5, 5.41) is 0. The Morgan fingerprint density at radius 1 is 0.652 bits per heavy atom. The highest BCUT2D eigenvalue weighted by molar-refractivity contribution is 4.78. The lowest BCUT2D eigenvalue weighted by Crippen LogP contribution is -2.36. The monoisotopic (exact) mass is 322 g/mol. The first-order valence-electron chi connectivity index (χ1n) is 10.1. The molecule has 0 unspecified atom stereocenters. The molecule has 0 aromatic heterocycles. The minimum Gasteiger partial charge on any atom is -0.301 e. The molecule has 23 heavy (non-hydrogen) atoms. The SMILES string of the molecule is C[C@@H]1CCCN1CCCCN1CCN(CCN2CCC[C@H]2C)C1. The Bertz CT molecular complexity index is 348. The molecule has 3 saturated heterocycles. The van der Waals surface area contributed by atoms with Crippen LogP contribution in [0.2, 0.25) is 0 Å². The molecule has 3 rings (SSSR count). The summed E-state index contributed by atoms with van der Waals surface area (Å²) in [6, 6.07) is 1.66. The summed E-state index contributed by atoms with van der Waals surface area (Å²) in [5.74, 6) is 0. The molecule has 3 heterocycles. The predicted molar refractivity (Wildman–Crippen MR) is 97.8 cm³/mol. The zero-order valence-electron chi connectivity index (χ0n) is 15.6. The molecule has 0 radical (unpaired) electrons. The molecular formula is C19H38N4. The van der Waals surface area contributed by atoms with E-state index in [1.54, 1.807) is 0 Å². The summed E-state index contributed by atoms with van der Waals surface area (Å²) < 4.78 is 0. The van der Waals surface area contributed by atoms with Gasteiger partial charge in [-0.2, -0.15) is 0 Å². The highest BCUT2D eigenvalue weighted by Crippen LogP contribution is 2.18. The molecule has 0 bridgehead atoms. The zero-order valence-corrected chi connectivity index (χ0v) is 15.6. The Hall–Kier alpha value is -0.160. The average Bonchev–Trinajstić information content (AvgIpc) is 3.25. The molecule has 0 aliphatic carbocycles. The van der Waals surface area contributed by atoms with Crippen LogP contribution in [0.15, 0.2) is 0 Å². The van der Waals surface area contributed by atoms with Crippen molar-refractivity contribution in [3.8, 4) is 0 Å². The van der Waals surface area contributed by atoms with Crippen molar-refractivity contribution in [1.29, 1.82) is 0 Å². The van der Waals surface area contributed by atoms with Gasteiger partial charge in [-0.25, -0.2) is 0 Å². The van der Waals surface area contributed by atoms with Gasteiger partial charge in [0.1, 0.15) is 0 Å². The molecule has 0 amide bonds. The van der Waals surface area contributed by atoms with Crippen molar-refractivity contribution < 1.29 is 0 Å². The zero-order chi connectivity index (χ0) is 16.1. The topological polar surface area (TPSA) is 13.0 Å². The lowest BCUT2D eigenvalue weighted by molar-refractivity contribution is 0.193.